The van der Waals surface area contributed by atoms with Crippen LogP contribution in [0, 0.1) is 5.92 Å². The number of thiophene rings is 1. The fourth-order valence-electron chi connectivity index (χ4n) is 2.39. The minimum Gasteiger partial charge on any atom is -0.481 e. The van der Waals surface area contributed by atoms with Crippen molar-refractivity contribution in [3.05, 3.63) is 21.9 Å². The van der Waals surface area contributed by atoms with E-state index in [1.807, 2.05) is 12.1 Å². The topological polar surface area (TPSA) is 69.6 Å². The van der Waals surface area contributed by atoms with Crippen LogP contribution in [0.5, 0.6) is 0 Å². The Balaban J connectivity index is 1.70. The monoisotopic (exact) mass is 269 g/mol. The van der Waals surface area contributed by atoms with E-state index >= 15 is 0 Å². The third kappa shape index (κ3) is 4.08. The summed E-state index contributed by atoms with van der Waals surface area (Å²) in [5, 5.41) is 21.5. The number of aliphatic hydroxyl groups excluding tert-OH is 1. The van der Waals surface area contributed by atoms with Gasteiger partial charge in [0.15, 0.2) is 0 Å². The lowest BCUT2D eigenvalue weighted by atomic mass is 10.1. The first-order chi connectivity index (χ1) is 8.63. The van der Waals surface area contributed by atoms with Gasteiger partial charge in [0, 0.05) is 16.3 Å². The zero-order chi connectivity index (χ0) is 13.0. The molecule has 0 saturated heterocycles. The van der Waals surface area contributed by atoms with Crippen LogP contribution in [0.25, 0.3) is 0 Å². The van der Waals surface area contributed by atoms with E-state index in [0.29, 0.717) is 5.92 Å². The lowest BCUT2D eigenvalue weighted by molar-refractivity contribution is -0.136. The molecule has 1 aliphatic rings. The van der Waals surface area contributed by atoms with Gasteiger partial charge >= 0.3 is 5.97 Å². The third-order valence-electron chi connectivity index (χ3n) is 3.29. The quantitative estimate of drug-likeness (QED) is 0.734. The highest BCUT2D eigenvalue weighted by Gasteiger charge is 2.22. The lowest BCUT2D eigenvalue weighted by Crippen LogP contribution is -2.20. The number of carboxylic acids is 1. The summed E-state index contributed by atoms with van der Waals surface area (Å²) in [7, 11) is 0. The predicted molar refractivity (Wildman–Crippen MR) is 70.7 cm³/mol. The summed E-state index contributed by atoms with van der Waals surface area (Å²) in [6.45, 7) is 1.72. The summed E-state index contributed by atoms with van der Waals surface area (Å²) in [6.07, 6.45) is 2.93. The van der Waals surface area contributed by atoms with Crippen molar-refractivity contribution in [2.75, 3.05) is 6.54 Å². The summed E-state index contributed by atoms with van der Waals surface area (Å²) in [5.74, 6) is -0.199. The Kier molecular flexibility index (Phi) is 4.74. The Morgan fingerprint density at radius 2 is 2.17 bits per heavy atom. The van der Waals surface area contributed by atoms with Gasteiger partial charge in [-0.05, 0) is 43.9 Å². The normalized spacial score (nSPS) is 23.4. The minimum atomic E-state index is -0.781. The second-order valence-electron chi connectivity index (χ2n) is 4.90. The molecule has 0 bridgehead atoms. The van der Waals surface area contributed by atoms with Crippen molar-refractivity contribution >= 4 is 17.3 Å². The van der Waals surface area contributed by atoms with Crippen LogP contribution in [0.15, 0.2) is 12.1 Å². The number of hydrogen-bond donors (Lipinski definition) is 3. The molecule has 100 valence electrons. The molecular weight excluding hydrogens is 250 g/mol. The Bertz CT molecular complexity index is 405. The molecule has 1 heterocycles. The molecule has 4 nitrogen and oxygen atoms in total. The first-order valence-electron chi connectivity index (χ1n) is 6.31. The SMILES string of the molecule is O=C(O)Cc1ccc(CNCC2CCC(O)C2)s1. The number of carbonyl (C=O) groups is 1. The largest absolute Gasteiger partial charge is 0.481 e. The van der Waals surface area contributed by atoms with E-state index in [1.54, 1.807) is 11.3 Å². The molecule has 1 saturated carbocycles. The van der Waals surface area contributed by atoms with E-state index in [2.05, 4.69) is 5.32 Å². The fraction of sp³-hybridized carbons (Fsp3) is 0.615. The van der Waals surface area contributed by atoms with Crippen molar-refractivity contribution in [2.45, 2.75) is 38.3 Å². The Morgan fingerprint density at radius 3 is 2.83 bits per heavy atom. The van der Waals surface area contributed by atoms with Gasteiger partial charge in [0.1, 0.15) is 0 Å². The van der Waals surface area contributed by atoms with Crippen LogP contribution in [0.2, 0.25) is 0 Å². The van der Waals surface area contributed by atoms with E-state index in [-0.39, 0.29) is 12.5 Å². The van der Waals surface area contributed by atoms with Gasteiger partial charge in [-0.1, -0.05) is 0 Å². The minimum absolute atomic E-state index is 0.110. The highest BCUT2D eigenvalue weighted by molar-refractivity contribution is 7.12. The molecule has 18 heavy (non-hydrogen) atoms. The first-order valence-corrected chi connectivity index (χ1v) is 7.13. The molecular formula is C13H19NO3S. The number of aliphatic hydroxyl groups is 1. The van der Waals surface area contributed by atoms with Crippen molar-refractivity contribution < 1.29 is 15.0 Å². The molecule has 0 aliphatic heterocycles. The van der Waals surface area contributed by atoms with Crippen LogP contribution in [-0.4, -0.2) is 28.8 Å². The molecule has 0 amide bonds. The molecule has 2 rings (SSSR count). The molecule has 1 aliphatic carbocycles. The van der Waals surface area contributed by atoms with E-state index in [1.165, 1.54) is 4.88 Å². The molecule has 0 aromatic carbocycles. The van der Waals surface area contributed by atoms with Gasteiger partial charge in [0.25, 0.3) is 0 Å². The summed E-state index contributed by atoms with van der Waals surface area (Å²) >= 11 is 1.55. The van der Waals surface area contributed by atoms with E-state index < -0.39 is 5.97 Å². The van der Waals surface area contributed by atoms with Gasteiger partial charge in [-0.3, -0.25) is 4.79 Å². The van der Waals surface area contributed by atoms with Crippen LogP contribution < -0.4 is 5.32 Å². The van der Waals surface area contributed by atoms with Crippen LogP contribution in [-0.2, 0) is 17.8 Å². The van der Waals surface area contributed by atoms with Crippen LogP contribution >= 0.6 is 11.3 Å². The molecule has 3 N–H and O–H groups in total. The molecule has 0 spiro atoms. The number of aliphatic carboxylic acids is 1. The maximum atomic E-state index is 10.6. The van der Waals surface area contributed by atoms with Gasteiger partial charge in [-0.2, -0.15) is 0 Å². The van der Waals surface area contributed by atoms with Gasteiger partial charge in [-0.15, -0.1) is 11.3 Å². The maximum Gasteiger partial charge on any atom is 0.308 e. The first kappa shape index (κ1) is 13.5. The lowest BCUT2D eigenvalue weighted by Gasteiger charge is -2.09. The Labute approximate surface area is 111 Å². The predicted octanol–water partition coefficient (Wildman–Crippen LogP) is 1.63. The second kappa shape index (κ2) is 6.31. The average molecular weight is 269 g/mol. The van der Waals surface area contributed by atoms with E-state index in [9.17, 15) is 9.90 Å². The molecule has 5 heteroatoms. The highest BCUT2D eigenvalue weighted by atomic mass is 32.1. The summed E-state index contributed by atoms with van der Waals surface area (Å²) < 4.78 is 0. The number of nitrogens with one attached hydrogen (secondary N) is 1. The zero-order valence-corrected chi connectivity index (χ0v) is 11.1. The fourth-order valence-corrected chi connectivity index (χ4v) is 3.37. The summed E-state index contributed by atoms with van der Waals surface area (Å²) in [5.41, 5.74) is 0. The molecule has 1 fully saturated rings. The van der Waals surface area contributed by atoms with E-state index in [4.69, 9.17) is 5.11 Å². The molecule has 1 aromatic heterocycles. The van der Waals surface area contributed by atoms with Crippen molar-refractivity contribution in [2.24, 2.45) is 5.92 Å². The van der Waals surface area contributed by atoms with Crippen molar-refractivity contribution in [3.8, 4) is 0 Å². The van der Waals surface area contributed by atoms with Gasteiger partial charge in [0.2, 0.25) is 0 Å². The number of carboxylic acid groups (broad SMARTS) is 1. The average Bonchev–Trinajstić information content (AvgIpc) is 2.88. The Morgan fingerprint density at radius 1 is 1.39 bits per heavy atom. The Hall–Kier alpha value is -0.910. The summed E-state index contributed by atoms with van der Waals surface area (Å²) in [4.78, 5) is 12.6. The third-order valence-corrected chi connectivity index (χ3v) is 4.37. The van der Waals surface area contributed by atoms with Gasteiger partial charge in [0.05, 0.1) is 12.5 Å². The molecule has 2 unspecified atom stereocenters. The summed E-state index contributed by atoms with van der Waals surface area (Å²) in [6, 6.07) is 3.87. The van der Waals surface area contributed by atoms with Crippen molar-refractivity contribution in [3.63, 3.8) is 0 Å². The molecule has 2 atom stereocenters. The number of rotatable bonds is 6. The molecule has 1 aromatic rings. The van der Waals surface area contributed by atoms with Crippen LogP contribution in [0.4, 0.5) is 0 Å². The number of hydrogen-bond acceptors (Lipinski definition) is 4. The maximum absolute atomic E-state index is 10.6. The molecule has 0 radical (unpaired) electrons. The zero-order valence-electron chi connectivity index (χ0n) is 10.3. The standard InChI is InChI=1S/C13H19NO3S/c15-10-2-1-9(5-10)7-14-8-12-4-3-11(18-12)6-13(16)17/h3-4,9-10,14-15H,1-2,5-8H2,(H,16,17). The van der Waals surface area contributed by atoms with Crippen molar-refractivity contribution in [1.29, 1.82) is 0 Å². The highest BCUT2D eigenvalue weighted by Crippen LogP contribution is 2.24. The van der Waals surface area contributed by atoms with E-state index in [0.717, 1.165) is 37.2 Å². The van der Waals surface area contributed by atoms with Gasteiger partial charge in [-0.25, -0.2) is 0 Å². The van der Waals surface area contributed by atoms with Gasteiger partial charge < -0.3 is 15.5 Å². The smallest absolute Gasteiger partial charge is 0.308 e. The van der Waals surface area contributed by atoms with Crippen molar-refractivity contribution in [1.82, 2.24) is 5.32 Å². The van der Waals surface area contributed by atoms with Crippen LogP contribution in [0.1, 0.15) is 29.0 Å². The second-order valence-corrected chi connectivity index (χ2v) is 6.16. The van der Waals surface area contributed by atoms with Crippen LogP contribution in [0.3, 0.4) is 0 Å².